The standard InChI is InChI=1S/C13H14N4O2S/c1-3-11-16-17-13(20-11)15-12(19)9-5-4-6-10(7-9)14-8(2)18/h4-7H,3H2,1-2H3,(H,14,18)(H,15,17,19). The summed E-state index contributed by atoms with van der Waals surface area (Å²) in [6.45, 7) is 3.39. The number of nitrogens with one attached hydrogen (secondary N) is 2. The largest absolute Gasteiger partial charge is 0.326 e. The zero-order valence-corrected chi connectivity index (χ0v) is 12.0. The molecule has 104 valence electrons. The van der Waals surface area contributed by atoms with Crippen LogP contribution >= 0.6 is 11.3 Å². The van der Waals surface area contributed by atoms with Gasteiger partial charge in [0.15, 0.2) is 0 Å². The fourth-order valence-corrected chi connectivity index (χ4v) is 2.23. The van der Waals surface area contributed by atoms with E-state index in [1.807, 2.05) is 6.92 Å². The fraction of sp³-hybridized carbons (Fsp3) is 0.231. The molecule has 2 aromatic rings. The predicted molar refractivity (Wildman–Crippen MR) is 78.0 cm³/mol. The van der Waals surface area contributed by atoms with Crippen LogP contribution in [0.4, 0.5) is 10.8 Å². The number of hydrogen-bond acceptors (Lipinski definition) is 5. The first-order valence-electron chi connectivity index (χ1n) is 6.10. The van der Waals surface area contributed by atoms with E-state index in [4.69, 9.17) is 0 Å². The van der Waals surface area contributed by atoms with E-state index in [1.165, 1.54) is 18.3 Å². The second kappa shape index (κ2) is 6.25. The molecule has 2 amide bonds. The Morgan fingerprint density at radius 3 is 2.70 bits per heavy atom. The molecule has 0 atom stereocenters. The molecule has 20 heavy (non-hydrogen) atoms. The number of aryl methyl sites for hydroxylation is 1. The maximum Gasteiger partial charge on any atom is 0.257 e. The molecule has 0 unspecified atom stereocenters. The van der Waals surface area contributed by atoms with Gasteiger partial charge in [0.05, 0.1) is 0 Å². The molecule has 0 radical (unpaired) electrons. The summed E-state index contributed by atoms with van der Waals surface area (Å²) in [6.07, 6.45) is 0.783. The second-order valence-electron chi connectivity index (χ2n) is 4.07. The van der Waals surface area contributed by atoms with Crippen LogP contribution in [0.5, 0.6) is 0 Å². The Labute approximate surface area is 120 Å². The van der Waals surface area contributed by atoms with E-state index in [2.05, 4.69) is 20.8 Å². The highest BCUT2D eigenvalue weighted by atomic mass is 32.1. The third kappa shape index (κ3) is 3.61. The maximum absolute atomic E-state index is 12.1. The summed E-state index contributed by atoms with van der Waals surface area (Å²) in [5.41, 5.74) is 1.03. The Bertz CT molecular complexity index is 639. The van der Waals surface area contributed by atoms with Crippen LogP contribution in [0.15, 0.2) is 24.3 Å². The zero-order chi connectivity index (χ0) is 14.5. The van der Waals surface area contributed by atoms with E-state index in [1.54, 1.807) is 24.3 Å². The predicted octanol–water partition coefficient (Wildman–Crippen LogP) is 2.31. The molecule has 0 aliphatic carbocycles. The van der Waals surface area contributed by atoms with Crippen LogP contribution in [0, 0.1) is 0 Å². The van der Waals surface area contributed by atoms with Crippen molar-refractivity contribution in [2.45, 2.75) is 20.3 Å². The quantitative estimate of drug-likeness (QED) is 0.905. The van der Waals surface area contributed by atoms with E-state index in [0.717, 1.165) is 11.4 Å². The molecule has 0 saturated heterocycles. The summed E-state index contributed by atoms with van der Waals surface area (Å²) in [6, 6.07) is 6.71. The number of carbonyl (C=O) groups is 2. The number of carbonyl (C=O) groups excluding carboxylic acids is 2. The van der Waals surface area contributed by atoms with Crippen molar-refractivity contribution in [3.8, 4) is 0 Å². The number of nitrogens with zero attached hydrogens (tertiary/aromatic N) is 2. The molecule has 6 nitrogen and oxygen atoms in total. The first kappa shape index (κ1) is 14.1. The Morgan fingerprint density at radius 2 is 2.05 bits per heavy atom. The highest BCUT2D eigenvalue weighted by Gasteiger charge is 2.10. The Kier molecular flexibility index (Phi) is 4.41. The monoisotopic (exact) mass is 290 g/mol. The minimum Gasteiger partial charge on any atom is -0.326 e. The molecule has 1 aromatic heterocycles. The number of benzene rings is 1. The fourth-order valence-electron chi connectivity index (χ4n) is 1.56. The van der Waals surface area contributed by atoms with Gasteiger partial charge in [-0.2, -0.15) is 0 Å². The van der Waals surface area contributed by atoms with E-state index in [0.29, 0.717) is 16.4 Å². The van der Waals surface area contributed by atoms with Crippen molar-refractivity contribution in [2.24, 2.45) is 0 Å². The van der Waals surface area contributed by atoms with Gasteiger partial charge >= 0.3 is 0 Å². The first-order chi connectivity index (χ1) is 9.58. The molecular formula is C13H14N4O2S. The van der Waals surface area contributed by atoms with E-state index < -0.39 is 0 Å². The maximum atomic E-state index is 12.1. The van der Waals surface area contributed by atoms with Gasteiger partial charge in [-0.1, -0.05) is 24.3 Å². The average molecular weight is 290 g/mol. The van der Waals surface area contributed by atoms with Crippen molar-refractivity contribution in [2.75, 3.05) is 10.6 Å². The summed E-state index contributed by atoms with van der Waals surface area (Å²) in [4.78, 5) is 23.1. The van der Waals surface area contributed by atoms with Crippen LogP contribution in [0.2, 0.25) is 0 Å². The molecule has 0 fully saturated rings. The summed E-state index contributed by atoms with van der Waals surface area (Å²) in [5.74, 6) is -0.463. The lowest BCUT2D eigenvalue weighted by Gasteiger charge is -2.05. The molecule has 2 rings (SSSR count). The van der Waals surface area contributed by atoms with Crippen LogP contribution in [-0.4, -0.2) is 22.0 Å². The Morgan fingerprint density at radius 1 is 1.25 bits per heavy atom. The van der Waals surface area contributed by atoms with Crippen LogP contribution in [0.25, 0.3) is 0 Å². The van der Waals surface area contributed by atoms with Gasteiger partial charge in [0.2, 0.25) is 11.0 Å². The van der Waals surface area contributed by atoms with Gasteiger partial charge in [-0.05, 0) is 24.6 Å². The number of rotatable bonds is 4. The third-order valence-electron chi connectivity index (χ3n) is 2.43. The molecule has 1 heterocycles. The van der Waals surface area contributed by atoms with Gasteiger partial charge in [-0.3, -0.25) is 14.9 Å². The number of anilines is 2. The summed E-state index contributed by atoms with van der Waals surface area (Å²) in [5, 5.41) is 14.5. The molecule has 0 bridgehead atoms. The topological polar surface area (TPSA) is 84.0 Å². The highest BCUT2D eigenvalue weighted by Crippen LogP contribution is 2.17. The smallest absolute Gasteiger partial charge is 0.257 e. The van der Waals surface area contributed by atoms with Gasteiger partial charge in [0, 0.05) is 18.2 Å². The number of amides is 2. The minimum atomic E-state index is -0.281. The van der Waals surface area contributed by atoms with E-state index in [-0.39, 0.29) is 11.8 Å². The van der Waals surface area contributed by atoms with Crippen molar-refractivity contribution in [1.29, 1.82) is 0 Å². The molecule has 0 saturated carbocycles. The molecule has 0 aliphatic rings. The normalized spacial score (nSPS) is 10.1. The van der Waals surface area contributed by atoms with Gasteiger partial charge in [0.25, 0.3) is 5.91 Å². The van der Waals surface area contributed by atoms with Crippen LogP contribution in [-0.2, 0) is 11.2 Å². The molecule has 0 spiro atoms. The molecule has 0 aliphatic heterocycles. The van der Waals surface area contributed by atoms with Crippen molar-refractivity contribution in [3.63, 3.8) is 0 Å². The SMILES string of the molecule is CCc1nnc(NC(=O)c2cccc(NC(C)=O)c2)s1. The van der Waals surface area contributed by atoms with Crippen LogP contribution < -0.4 is 10.6 Å². The van der Waals surface area contributed by atoms with Crippen molar-refractivity contribution in [1.82, 2.24) is 10.2 Å². The van der Waals surface area contributed by atoms with Gasteiger partial charge in [-0.15, -0.1) is 10.2 Å². The second-order valence-corrected chi connectivity index (χ2v) is 5.13. The van der Waals surface area contributed by atoms with Crippen molar-refractivity contribution < 1.29 is 9.59 Å². The molecule has 1 aromatic carbocycles. The lowest BCUT2D eigenvalue weighted by molar-refractivity contribution is -0.114. The van der Waals surface area contributed by atoms with Crippen LogP contribution in [0.3, 0.4) is 0 Å². The minimum absolute atomic E-state index is 0.181. The van der Waals surface area contributed by atoms with Gasteiger partial charge in [-0.25, -0.2) is 0 Å². The molecule has 2 N–H and O–H groups in total. The summed E-state index contributed by atoms with van der Waals surface area (Å²) < 4.78 is 0. The summed E-state index contributed by atoms with van der Waals surface area (Å²) in [7, 11) is 0. The van der Waals surface area contributed by atoms with Crippen molar-refractivity contribution in [3.05, 3.63) is 34.8 Å². The average Bonchev–Trinajstić information content (AvgIpc) is 2.86. The Hall–Kier alpha value is -2.28. The Balaban J connectivity index is 2.10. The molecular weight excluding hydrogens is 276 g/mol. The van der Waals surface area contributed by atoms with Crippen LogP contribution in [0.1, 0.15) is 29.2 Å². The molecule has 7 heteroatoms. The lowest BCUT2D eigenvalue weighted by Crippen LogP contribution is -2.13. The summed E-state index contributed by atoms with van der Waals surface area (Å²) >= 11 is 1.35. The van der Waals surface area contributed by atoms with Crippen molar-refractivity contribution >= 4 is 34.0 Å². The van der Waals surface area contributed by atoms with E-state index in [9.17, 15) is 9.59 Å². The first-order valence-corrected chi connectivity index (χ1v) is 6.91. The number of hydrogen-bond donors (Lipinski definition) is 2. The lowest BCUT2D eigenvalue weighted by atomic mass is 10.2. The third-order valence-corrected chi connectivity index (χ3v) is 3.42. The van der Waals surface area contributed by atoms with Gasteiger partial charge < -0.3 is 5.32 Å². The van der Waals surface area contributed by atoms with E-state index >= 15 is 0 Å². The zero-order valence-electron chi connectivity index (χ0n) is 11.1. The van der Waals surface area contributed by atoms with Gasteiger partial charge in [0.1, 0.15) is 5.01 Å². The highest BCUT2D eigenvalue weighted by molar-refractivity contribution is 7.15. The number of aromatic nitrogens is 2.